The summed E-state index contributed by atoms with van der Waals surface area (Å²) >= 11 is 0. The van der Waals surface area contributed by atoms with Crippen LogP contribution in [0.25, 0.3) is 0 Å². The van der Waals surface area contributed by atoms with Crippen molar-refractivity contribution in [3.8, 4) is 0 Å². The van der Waals surface area contributed by atoms with Crippen molar-refractivity contribution in [1.82, 2.24) is 15.0 Å². The van der Waals surface area contributed by atoms with Gasteiger partial charge in [-0.2, -0.15) is 19.8 Å². The van der Waals surface area contributed by atoms with Gasteiger partial charge < -0.3 is 30.4 Å². The fraction of sp³-hybridized carbons (Fsp3) is 0.700. The zero-order valence-electron chi connectivity index (χ0n) is 12.9. The van der Waals surface area contributed by atoms with Crippen LogP contribution in [0, 0.1) is 0 Å². The van der Waals surface area contributed by atoms with Crippen molar-refractivity contribution in [2.75, 3.05) is 52.3 Å². The van der Waals surface area contributed by atoms with E-state index in [2.05, 4.69) is 25.2 Å². The highest BCUT2D eigenvalue weighted by molar-refractivity contribution is 5.38. The second kappa shape index (κ2) is 7.44. The van der Waals surface area contributed by atoms with Gasteiger partial charge in [-0.3, -0.25) is 5.32 Å². The monoisotopic (exact) mass is 320 g/mol. The van der Waals surface area contributed by atoms with Crippen molar-refractivity contribution in [3.05, 3.63) is 0 Å². The molecule has 0 radical (unpaired) electrons. The van der Waals surface area contributed by atoms with E-state index < -0.39 is 11.9 Å². The van der Waals surface area contributed by atoms with E-state index in [1.165, 1.54) is 35.5 Å². The number of hydrogen-bond donors (Lipinski definition) is 3. The number of anilines is 3. The Hall–Kier alpha value is -1.83. The third-order valence-electron chi connectivity index (χ3n) is 2.64. The fourth-order valence-electron chi connectivity index (χ4n) is 1.74. The van der Waals surface area contributed by atoms with Crippen molar-refractivity contribution < 1.29 is 28.7 Å². The number of aromatic nitrogens is 3. The standard InChI is InChI=1S/C10H20N6O6/c1-17-9(22-21-5,10(18-2,19-3)20-4)16-8-14-6(11)13-7(12)15-8/h1-5H3,(H5,11,12,13,14,15,16). The summed E-state index contributed by atoms with van der Waals surface area (Å²) in [6.45, 7) is 0. The molecule has 0 amide bonds. The van der Waals surface area contributed by atoms with E-state index >= 15 is 0 Å². The fourth-order valence-corrected chi connectivity index (χ4v) is 1.74. The Labute approximate surface area is 126 Å². The number of rotatable bonds is 9. The van der Waals surface area contributed by atoms with Crippen LogP contribution in [0.15, 0.2) is 0 Å². The lowest BCUT2D eigenvalue weighted by molar-refractivity contribution is -0.530. The van der Waals surface area contributed by atoms with Crippen molar-refractivity contribution in [2.45, 2.75) is 11.9 Å². The molecule has 1 aromatic heterocycles. The molecule has 0 bridgehead atoms. The largest absolute Gasteiger partial charge is 0.368 e. The van der Waals surface area contributed by atoms with E-state index in [-0.39, 0.29) is 17.8 Å². The first-order valence-corrected chi connectivity index (χ1v) is 5.90. The van der Waals surface area contributed by atoms with Gasteiger partial charge in [-0.25, -0.2) is 4.89 Å². The topological polar surface area (TPSA) is 158 Å². The van der Waals surface area contributed by atoms with Crippen molar-refractivity contribution in [2.24, 2.45) is 0 Å². The summed E-state index contributed by atoms with van der Waals surface area (Å²) in [6.07, 6.45) is 0. The van der Waals surface area contributed by atoms with Crippen LogP contribution >= 0.6 is 0 Å². The number of nitrogen functional groups attached to an aromatic ring is 2. The minimum absolute atomic E-state index is 0.0839. The van der Waals surface area contributed by atoms with Crippen LogP contribution in [0.1, 0.15) is 0 Å². The van der Waals surface area contributed by atoms with Crippen LogP contribution in [0.2, 0.25) is 0 Å². The molecule has 1 heterocycles. The summed E-state index contributed by atoms with van der Waals surface area (Å²) in [5, 5.41) is 2.65. The van der Waals surface area contributed by atoms with Gasteiger partial charge in [0.1, 0.15) is 0 Å². The summed E-state index contributed by atoms with van der Waals surface area (Å²) in [5.41, 5.74) is 11.0. The number of methoxy groups -OCH3 is 4. The van der Waals surface area contributed by atoms with E-state index in [1.807, 2.05) is 0 Å². The van der Waals surface area contributed by atoms with Crippen LogP contribution < -0.4 is 16.8 Å². The molecule has 1 aromatic rings. The lowest BCUT2D eigenvalue weighted by Crippen LogP contribution is -2.65. The van der Waals surface area contributed by atoms with E-state index in [0.29, 0.717) is 0 Å². The molecule has 22 heavy (non-hydrogen) atoms. The summed E-state index contributed by atoms with van der Waals surface area (Å²) in [7, 11) is 6.44. The Balaban J connectivity index is 3.31. The molecule has 5 N–H and O–H groups in total. The van der Waals surface area contributed by atoms with E-state index in [9.17, 15) is 0 Å². The molecule has 0 aliphatic heterocycles. The minimum atomic E-state index is -1.96. The third kappa shape index (κ3) is 3.32. The van der Waals surface area contributed by atoms with E-state index in [1.54, 1.807) is 0 Å². The van der Waals surface area contributed by atoms with E-state index in [0.717, 1.165) is 0 Å². The van der Waals surface area contributed by atoms with Gasteiger partial charge in [0.2, 0.25) is 17.8 Å². The van der Waals surface area contributed by atoms with Crippen molar-refractivity contribution in [1.29, 1.82) is 0 Å². The quantitative estimate of drug-likeness (QED) is 0.287. The second-order valence-corrected chi connectivity index (χ2v) is 3.74. The number of ether oxygens (including phenoxy) is 4. The molecule has 0 aliphatic carbocycles. The molecule has 0 aromatic carbocycles. The minimum Gasteiger partial charge on any atom is -0.368 e. The molecule has 126 valence electrons. The highest BCUT2D eigenvalue weighted by atomic mass is 17.2. The highest BCUT2D eigenvalue weighted by Crippen LogP contribution is 2.33. The predicted molar refractivity (Wildman–Crippen MR) is 73.9 cm³/mol. The summed E-state index contributed by atoms with van der Waals surface area (Å²) in [4.78, 5) is 21.1. The number of nitrogens with one attached hydrogen (secondary N) is 1. The number of hydrogen-bond acceptors (Lipinski definition) is 12. The highest BCUT2D eigenvalue weighted by Gasteiger charge is 2.59. The smallest absolute Gasteiger partial charge is 0.365 e. The Morgan fingerprint density at radius 3 is 1.68 bits per heavy atom. The molecular weight excluding hydrogens is 300 g/mol. The first kappa shape index (κ1) is 18.2. The van der Waals surface area contributed by atoms with Gasteiger partial charge in [0, 0.05) is 28.4 Å². The molecule has 1 rings (SSSR count). The van der Waals surface area contributed by atoms with Gasteiger partial charge in [-0.05, 0) is 0 Å². The average Bonchev–Trinajstić information content (AvgIpc) is 2.48. The third-order valence-corrected chi connectivity index (χ3v) is 2.64. The summed E-state index contributed by atoms with van der Waals surface area (Å²) in [5.74, 6) is -4.15. The van der Waals surface area contributed by atoms with Gasteiger partial charge in [0.25, 0.3) is 0 Å². The van der Waals surface area contributed by atoms with Gasteiger partial charge in [-0.15, -0.1) is 0 Å². The van der Waals surface area contributed by atoms with Crippen LogP contribution in [0.3, 0.4) is 0 Å². The second-order valence-electron chi connectivity index (χ2n) is 3.74. The zero-order valence-corrected chi connectivity index (χ0v) is 12.9. The molecule has 1 unspecified atom stereocenters. The molecular formula is C10H20N6O6. The molecule has 0 saturated heterocycles. The maximum Gasteiger partial charge on any atom is 0.365 e. The first-order valence-electron chi connectivity index (χ1n) is 5.90. The zero-order chi connectivity index (χ0) is 16.8. The Morgan fingerprint density at radius 1 is 0.818 bits per heavy atom. The van der Waals surface area contributed by atoms with Crippen molar-refractivity contribution >= 4 is 17.8 Å². The van der Waals surface area contributed by atoms with Crippen LogP contribution in [-0.4, -0.2) is 62.4 Å². The van der Waals surface area contributed by atoms with Gasteiger partial charge in [0.05, 0.1) is 7.11 Å². The van der Waals surface area contributed by atoms with E-state index in [4.69, 9.17) is 35.3 Å². The van der Waals surface area contributed by atoms with Crippen LogP contribution in [0.4, 0.5) is 17.8 Å². The van der Waals surface area contributed by atoms with Crippen LogP contribution in [0.5, 0.6) is 0 Å². The normalized spacial score (nSPS) is 14.6. The lowest BCUT2D eigenvalue weighted by atomic mass is 10.3. The van der Waals surface area contributed by atoms with Gasteiger partial charge >= 0.3 is 11.9 Å². The maximum atomic E-state index is 5.51. The molecule has 0 saturated carbocycles. The number of nitrogens with zero attached hydrogens (tertiary/aromatic N) is 3. The first-order chi connectivity index (χ1) is 10.4. The molecule has 0 aliphatic rings. The Kier molecular flexibility index (Phi) is 6.16. The molecule has 12 nitrogen and oxygen atoms in total. The summed E-state index contributed by atoms with van der Waals surface area (Å²) < 4.78 is 20.9. The summed E-state index contributed by atoms with van der Waals surface area (Å²) in [6, 6.07) is 0. The Morgan fingerprint density at radius 2 is 1.32 bits per heavy atom. The molecule has 1 atom stereocenters. The molecule has 12 heteroatoms. The Bertz CT molecular complexity index is 458. The van der Waals surface area contributed by atoms with Gasteiger partial charge in [0.15, 0.2) is 0 Å². The lowest BCUT2D eigenvalue weighted by Gasteiger charge is -2.42. The molecule has 0 spiro atoms. The van der Waals surface area contributed by atoms with Crippen molar-refractivity contribution in [3.63, 3.8) is 0 Å². The number of nitrogens with two attached hydrogens (primary N) is 2. The SMILES string of the molecule is COOC(Nc1nc(N)nc(N)n1)(OC)C(OC)(OC)OC. The predicted octanol–water partition coefficient (Wildman–Crippen LogP) is -1.08. The molecule has 0 fully saturated rings. The maximum absolute atomic E-state index is 5.51. The average molecular weight is 320 g/mol. The van der Waals surface area contributed by atoms with Gasteiger partial charge in [-0.1, -0.05) is 0 Å². The van der Waals surface area contributed by atoms with Crippen LogP contribution in [-0.2, 0) is 28.7 Å².